The Hall–Kier alpha value is -2.51. The van der Waals surface area contributed by atoms with Crippen LogP contribution >= 0.6 is 15.9 Å². The highest BCUT2D eigenvalue weighted by molar-refractivity contribution is 9.10. The van der Waals surface area contributed by atoms with Crippen molar-refractivity contribution in [3.8, 4) is 5.69 Å². The summed E-state index contributed by atoms with van der Waals surface area (Å²) in [5.74, 6) is 0.216. The van der Waals surface area contributed by atoms with Crippen LogP contribution in [0, 0.1) is 0 Å². The fourth-order valence-corrected chi connectivity index (χ4v) is 4.67. The van der Waals surface area contributed by atoms with E-state index >= 15 is 0 Å². The molecule has 1 N–H and O–H groups in total. The summed E-state index contributed by atoms with van der Waals surface area (Å²) in [5, 5.41) is 11.8. The second kappa shape index (κ2) is 8.93. The van der Waals surface area contributed by atoms with Gasteiger partial charge in [0.05, 0.1) is 17.4 Å². The van der Waals surface area contributed by atoms with Crippen LogP contribution in [0.25, 0.3) is 5.69 Å². The number of nitrogens with one attached hydrogen (secondary N) is 1. The van der Waals surface area contributed by atoms with E-state index in [1.54, 1.807) is 0 Å². The van der Waals surface area contributed by atoms with Crippen LogP contribution in [0.3, 0.4) is 0 Å². The number of nitrogens with zero attached hydrogens (tertiary/aromatic N) is 4. The lowest BCUT2D eigenvalue weighted by molar-refractivity contribution is 0.0931. The van der Waals surface area contributed by atoms with Gasteiger partial charge in [-0.1, -0.05) is 51.5 Å². The zero-order chi connectivity index (χ0) is 21.2. The molecule has 1 unspecified atom stereocenters. The molecule has 6 nitrogen and oxygen atoms in total. The lowest BCUT2D eigenvalue weighted by atomic mass is 10.1. The summed E-state index contributed by atoms with van der Waals surface area (Å²) in [7, 11) is 0. The average Bonchev–Trinajstić information content (AvgIpc) is 3.31. The van der Waals surface area contributed by atoms with Crippen LogP contribution in [0.2, 0.25) is 0 Å². The van der Waals surface area contributed by atoms with Gasteiger partial charge in [0, 0.05) is 16.9 Å². The smallest absolute Gasteiger partial charge is 0.273 e. The number of carbonyl (C=O) groups is 1. The molecule has 2 aromatic carbocycles. The zero-order valence-corrected chi connectivity index (χ0v) is 19.0. The Labute approximate surface area is 190 Å². The molecule has 5 rings (SSSR count). The first-order chi connectivity index (χ1) is 15.2. The van der Waals surface area contributed by atoms with Gasteiger partial charge < -0.3 is 5.32 Å². The topological polar surface area (TPSA) is 63.1 Å². The molecule has 0 bridgehead atoms. The van der Waals surface area contributed by atoms with E-state index in [9.17, 15) is 4.79 Å². The molecule has 7 heteroatoms. The van der Waals surface area contributed by atoms with Gasteiger partial charge in [0.1, 0.15) is 0 Å². The van der Waals surface area contributed by atoms with Crippen molar-refractivity contribution in [3.05, 3.63) is 76.0 Å². The van der Waals surface area contributed by atoms with Gasteiger partial charge in [0.15, 0.2) is 5.69 Å². The first-order valence-electron chi connectivity index (χ1n) is 11.0. The first-order valence-corrected chi connectivity index (χ1v) is 11.8. The maximum atomic E-state index is 13.2. The number of halogens is 1. The highest BCUT2D eigenvalue weighted by Crippen LogP contribution is 2.42. The highest BCUT2D eigenvalue weighted by atomic mass is 79.9. The second-order valence-electron chi connectivity index (χ2n) is 8.37. The van der Waals surface area contributed by atoms with Crippen LogP contribution in [-0.4, -0.2) is 45.4 Å². The fourth-order valence-electron chi connectivity index (χ4n) is 4.41. The summed E-state index contributed by atoms with van der Waals surface area (Å²) in [6.45, 7) is 2.71. The molecule has 160 valence electrons. The first kappa shape index (κ1) is 20.4. The van der Waals surface area contributed by atoms with Crippen molar-refractivity contribution in [1.29, 1.82) is 0 Å². The van der Waals surface area contributed by atoms with Gasteiger partial charge in [-0.15, -0.1) is 5.10 Å². The molecule has 1 atom stereocenters. The summed E-state index contributed by atoms with van der Waals surface area (Å²) >= 11 is 3.47. The van der Waals surface area contributed by atoms with Crippen LogP contribution in [0.15, 0.2) is 59.1 Å². The third-order valence-electron chi connectivity index (χ3n) is 6.18. The molecule has 31 heavy (non-hydrogen) atoms. The zero-order valence-electron chi connectivity index (χ0n) is 17.4. The predicted octanol–water partition coefficient (Wildman–Crippen LogP) is 4.47. The highest BCUT2D eigenvalue weighted by Gasteiger charge is 2.34. The number of rotatable bonds is 7. The summed E-state index contributed by atoms with van der Waals surface area (Å²) in [4.78, 5) is 15.7. The minimum atomic E-state index is -0.134. The number of hydrogen-bond donors (Lipinski definition) is 1. The van der Waals surface area contributed by atoms with Crippen molar-refractivity contribution in [1.82, 2.24) is 25.2 Å². The van der Waals surface area contributed by atoms with Gasteiger partial charge in [0.2, 0.25) is 0 Å². The monoisotopic (exact) mass is 479 g/mol. The Morgan fingerprint density at radius 2 is 1.77 bits per heavy atom. The van der Waals surface area contributed by atoms with Crippen molar-refractivity contribution < 1.29 is 4.79 Å². The second-order valence-corrected chi connectivity index (χ2v) is 9.28. The largest absolute Gasteiger partial charge is 0.349 e. The standard InChI is InChI=1S/C24H26BrN5O/c25-19-10-12-20(13-11-19)30-23(18-8-9-18)22(27-28-30)24(31)26-16-21(29-14-4-5-15-29)17-6-2-1-3-7-17/h1-3,6-7,10-13,18,21H,4-5,8-9,14-16H2,(H,26,31). The predicted molar refractivity (Wildman–Crippen MR) is 123 cm³/mol. The van der Waals surface area contributed by atoms with E-state index in [0.29, 0.717) is 18.2 Å². The van der Waals surface area contributed by atoms with Crippen molar-refractivity contribution in [3.63, 3.8) is 0 Å². The summed E-state index contributed by atoms with van der Waals surface area (Å²) < 4.78 is 2.84. The maximum absolute atomic E-state index is 13.2. The molecule has 2 heterocycles. The van der Waals surface area contributed by atoms with Crippen LogP contribution in [0.1, 0.15) is 59.4 Å². The molecule has 1 saturated carbocycles. The van der Waals surface area contributed by atoms with Gasteiger partial charge in [-0.05, 0) is 68.6 Å². The Balaban J connectivity index is 1.37. The van der Waals surface area contributed by atoms with Gasteiger partial charge >= 0.3 is 0 Å². The average molecular weight is 480 g/mol. The third-order valence-corrected chi connectivity index (χ3v) is 6.71. The van der Waals surface area contributed by atoms with Crippen molar-refractivity contribution in [2.24, 2.45) is 0 Å². The number of amides is 1. The molecule has 1 aliphatic carbocycles. The number of carbonyl (C=O) groups excluding carboxylic acids is 1. The fraction of sp³-hybridized carbons (Fsp3) is 0.375. The van der Waals surface area contributed by atoms with E-state index in [0.717, 1.165) is 41.8 Å². The van der Waals surface area contributed by atoms with E-state index in [-0.39, 0.29) is 11.9 Å². The number of hydrogen-bond acceptors (Lipinski definition) is 4. The summed E-state index contributed by atoms with van der Waals surface area (Å²) in [6, 6.07) is 18.6. The number of aromatic nitrogens is 3. The number of benzene rings is 2. The maximum Gasteiger partial charge on any atom is 0.273 e. The molecule has 3 aromatic rings. The van der Waals surface area contributed by atoms with Crippen molar-refractivity contribution in [2.45, 2.75) is 37.6 Å². The Kier molecular flexibility index (Phi) is 5.87. The molecular weight excluding hydrogens is 454 g/mol. The Bertz CT molecular complexity index is 1040. The van der Waals surface area contributed by atoms with E-state index in [1.165, 1.54) is 18.4 Å². The van der Waals surface area contributed by atoms with E-state index < -0.39 is 0 Å². The Morgan fingerprint density at radius 3 is 2.45 bits per heavy atom. The van der Waals surface area contributed by atoms with Crippen LogP contribution in [-0.2, 0) is 0 Å². The lowest BCUT2D eigenvalue weighted by Gasteiger charge is -2.28. The Morgan fingerprint density at radius 1 is 1.06 bits per heavy atom. The number of likely N-dealkylation sites (tertiary alicyclic amines) is 1. The summed E-state index contributed by atoms with van der Waals surface area (Å²) in [6.07, 6.45) is 4.57. The van der Waals surface area contributed by atoms with Crippen LogP contribution in [0.4, 0.5) is 0 Å². The van der Waals surface area contributed by atoms with Crippen molar-refractivity contribution in [2.75, 3.05) is 19.6 Å². The third kappa shape index (κ3) is 4.43. The van der Waals surface area contributed by atoms with Crippen LogP contribution < -0.4 is 5.32 Å². The molecule has 1 aromatic heterocycles. The molecule has 0 spiro atoms. The molecule has 2 fully saturated rings. The molecule has 1 amide bonds. The molecular formula is C24H26BrN5O. The minimum Gasteiger partial charge on any atom is -0.349 e. The van der Waals surface area contributed by atoms with E-state index in [4.69, 9.17) is 0 Å². The molecule has 2 aliphatic rings. The molecule has 1 saturated heterocycles. The lowest BCUT2D eigenvalue weighted by Crippen LogP contribution is -2.37. The van der Waals surface area contributed by atoms with E-state index in [2.05, 4.69) is 60.7 Å². The quantitative estimate of drug-likeness (QED) is 0.542. The van der Waals surface area contributed by atoms with Gasteiger partial charge in [-0.2, -0.15) is 0 Å². The van der Waals surface area contributed by atoms with Gasteiger partial charge in [-0.3, -0.25) is 9.69 Å². The normalized spacial score (nSPS) is 17.6. The van der Waals surface area contributed by atoms with Gasteiger partial charge in [0.25, 0.3) is 5.91 Å². The minimum absolute atomic E-state index is 0.134. The SMILES string of the molecule is O=C(NCC(c1ccccc1)N1CCCC1)c1nnn(-c2ccc(Br)cc2)c1C1CC1. The van der Waals surface area contributed by atoms with Crippen molar-refractivity contribution >= 4 is 21.8 Å². The van der Waals surface area contributed by atoms with Gasteiger partial charge in [-0.25, -0.2) is 4.68 Å². The molecule has 1 aliphatic heterocycles. The van der Waals surface area contributed by atoms with E-state index in [1.807, 2.05) is 35.0 Å². The van der Waals surface area contributed by atoms with Crippen LogP contribution in [0.5, 0.6) is 0 Å². The summed E-state index contributed by atoms with van der Waals surface area (Å²) in [5.41, 5.74) is 3.55. The molecule has 0 radical (unpaired) electrons.